The molecule has 47 heavy (non-hydrogen) atoms. The summed E-state index contributed by atoms with van der Waals surface area (Å²) in [6.45, 7) is 17.0. The number of hydrogen-bond donors (Lipinski definition) is 3. The molecule has 3 N–H and O–H groups in total. The van der Waals surface area contributed by atoms with Gasteiger partial charge in [0.2, 0.25) is 0 Å². The van der Waals surface area contributed by atoms with Crippen molar-refractivity contribution in [1.29, 1.82) is 0 Å². The number of aliphatic hydroxyl groups is 1. The average molecular weight is 637 g/mol. The van der Waals surface area contributed by atoms with Gasteiger partial charge in [0.1, 0.15) is 5.76 Å². The summed E-state index contributed by atoms with van der Waals surface area (Å²) in [5.41, 5.74) is 14.1. The molecule has 5 heterocycles. The molecular formula is C39H48N4O4. The van der Waals surface area contributed by atoms with Crippen LogP contribution in [0.1, 0.15) is 100 Å². The normalized spacial score (nSPS) is 24.9. The summed E-state index contributed by atoms with van der Waals surface area (Å²) in [6.07, 6.45) is 11.2. The number of carboxylic acid groups (broad SMARTS) is 1. The zero-order chi connectivity index (χ0) is 33.7. The third kappa shape index (κ3) is 5.86. The highest BCUT2D eigenvalue weighted by Crippen LogP contribution is 2.46. The molecule has 8 nitrogen and oxygen atoms in total. The van der Waals surface area contributed by atoms with Crippen molar-refractivity contribution in [3.63, 3.8) is 0 Å². The largest absolute Gasteiger partial charge is 0.511 e. The highest BCUT2D eigenvalue weighted by atomic mass is 16.5. The lowest BCUT2D eigenvalue weighted by Gasteiger charge is -2.21. The summed E-state index contributed by atoms with van der Waals surface area (Å²) < 4.78 is 6.59. The van der Waals surface area contributed by atoms with E-state index in [0.29, 0.717) is 18.6 Å². The molecule has 0 aromatic carbocycles. The first-order valence-electron chi connectivity index (χ1n) is 17.3. The monoisotopic (exact) mass is 636 g/mol. The van der Waals surface area contributed by atoms with E-state index >= 15 is 0 Å². The fourth-order valence-corrected chi connectivity index (χ4v) is 7.89. The van der Waals surface area contributed by atoms with Crippen LogP contribution in [0.3, 0.4) is 0 Å². The van der Waals surface area contributed by atoms with Gasteiger partial charge < -0.3 is 20.3 Å². The Hall–Kier alpha value is -4.04. The third-order valence-electron chi connectivity index (χ3n) is 10.6. The van der Waals surface area contributed by atoms with E-state index in [9.17, 15) is 15.0 Å². The number of hydrogen-bond acceptors (Lipinski definition) is 7. The van der Waals surface area contributed by atoms with Gasteiger partial charge in [-0.1, -0.05) is 33.6 Å². The van der Waals surface area contributed by atoms with E-state index in [0.717, 1.165) is 105 Å². The Morgan fingerprint density at radius 1 is 1.02 bits per heavy atom. The number of allylic oxidation sites excluding steroid dienone is 11. The fourth-order valence-electron chi connectivity index (χ4n) is 7.89. The minimum atomic E-state index is -0.818. The molecule has 1 aliphatic carbocycles. The first kappa shape index (κ1) is 32.9. The molecule has 0 amide bonds. The van der Waals surface area contributed by atoms with Gasteiger partial charge in [-0.05, 0) is 94.4 Å². The number of carbonyl (C=O) groups is 1. The maximum Gasteiger partial charge on any atom is 0.303 e. The molecule has 1 fully saturated rings. The average Bonchev–Trinajstić information content (AvgIpc) is 3.77. The van der Waals surface area contributed by atoms with Crippen LogP contribution in [0.2, 0.25) is 0 Å². The Morgan fingerprint density at radius 2 is 1.74 bits per heavy atom. The number of fused-ring (bicyclic) bond motifs is 5. The number of nitrogens with one attached hydrogen (secondary N) is 1. The molecule has 1 saturated heterocycles. The van der Waals surface area contributed by atoms with Gasteiger partial charge in [0, 0.05) is 52.8 Å². The van der Waals surface area contributed by atoms with Gasteiger partial charge in [-0.25, -0.2) is 15.0 Å². The summed E-state index contributed by atoms with van der Waals surface area (Å²) in [5.74, 6) is -0.564. The molecule has 8 heteroatoms. The summed E-state index contributed by atoms with van der Waals surface area (Å²) >= 11 is 0. The van der Waals surface area contributed by atoms with E-state index in [1.165, 1.54) is 5.57 Å². The van der Waals surface area contributed by atoms with E-state index < -0.39 is 5.97 Å². The lowest BCUT2D eigenvalue weighted by Crippen LogP contribution is -2.20. The predicted octanol–water partition coefficient (Wildman–Crippen LogP) is 8.51. The molecule has 6 rings (SSSR count). The van der Waals surface area contributed by atoms with Crippen LogP contribution in [0.25, 0.3) is 0 Å². The van der Waals surface area contributed by atoms with Crippen molar-refractivity contribution in [2.45, 2.75) is 113 Å². The second kappa shape index (κ2) is 12.9. The van der Waals surface area contributed by atoms with Crippen LogP contribution in [-0.4, -0.2) is 45.5 Å². The van der Waals surface area contributed by atoms with Crippen molar-refractivity contribution in [3.8, 4) is 0 Å². The number of rotatable bonds is 10. The van der Waals surface area contributed by atoms with Crippen LogP contribution in [0.4, 0.5) is 0 Å². The minimum absolute atomic E-state index is 0.0174. The van der Waals surface area contributed by atoms with E-state index in [1.54, 1.807) is 0 Å². The van der Waals surface area contributed by atoms with Crippen molar-refractivity contribution in [3.05, 3.63) is 91.5 Å². The van der Waals surface area contributed by atoms with Gasteiger partial charge in [0.05, 0.1) is 46.4 Å². The van der Waals surface area contributed by atoms with E-state index in [1.807, 2.05) is 13.0 Å². The smallest absolute Gasteiger partial charge is 0.303 e. The first-order valence-corrected chi connectivity index (χ1v) is 17.3. The Labute approximate surface area is 278 Å². The maximum atomic E-state index is 11.7. The SMILES string of the molecule is CCCCC(C)OC(C)C1=C(C)C2=NC1=CC1=NC(=CC3=C(C)C4=C(O)CC(=C5NC(=C2)C(C)[C@@H]5CCC(=O)O)C4=N3)C(CC)=C1C. The van der Waals surface area contributed by atoms with Gasteiger partial charge in [-0.15, -0.1) is 0 Å². The lowest BCUT2D eigenvalue weighted by atomic mass is 9.86. The number of aliphatic hydroxyl groups excluding tert-OH is 1. The van der Waals surface area contributed by atoms with E-state index in [2.05, 4.69) is 65.9 Å². The molecule has 5 aliphatic heterocycles. The third-order valence-corrected chi connectivity index (χ3v) is 10.6. The highest BCUT2D eigenvalue weighted by molar-refractivity contribution is 6.21. The molecule has 0 aromatic heterocycles. The van der Waals surface area contributed by atoms with Crippen LogP contribution in [0.5, 0.6) is 0 Å². The van der Waals surface area contributed by atoms with Crippen LogP contribution in [0, 0.1) is 11.8 Å². The number of carboxylic acids is 1. The standard InChI is InChI=1S/C39H48N4O4/c1-9-11-12-19(3)47-24(8)36-22(6)30-16-29-21(5)26(13-14-35(45)46)38(42-29)27-15-34(44)37-23(7)31(43-39(27)37)17-32-25(10-2)20(4)28(40-32)18-33(36)41-30/h16-19,21,24,26,42,44H,9-15H2,1-8H3,(H,45,46)/t19?,21?,24?,26-/m0/s1. The molecule has 0 spiro atoms. The van der Waals surface area contributed by atoms with Crippen molar-refractivity contribution in [2.75, 3.05) is 0 Å². The summed E-state index contributed by atoms with van der Waals surface area (Å²) in [5, 5.41) is 24.6. The van der Waals surface area contributed by atoms with Crippen LogP contribution in [0.15, 0.2) is 106 Å². The summed E-state index contributed by atoms with van der Waals surface area (Å²) in [6, 6.07) is 0. The molecule has 6 aliphatic rings. The van der Waals surface area contributed by atoms with Crippen LogP contribution < -0.4 is 5.32 Å². The number of ether oxygens (including phenoxy) is 1. The molecule has 248 valence electrons. The molecule has 8 bridgehead atoms. The van der Waals surface area contributed by atoms with Crippen molar-refractivity contribution < 1.29 is 19.7 Å². The Bertz CT molecular complexity index is 1780. The zero-order valence-corrected chi connectivity index (χ0v) is 29.0. The Balaban J connectivity index is 1.55. The molecular weight excluding hydrogens is 588 g/mol. The number of nitrogens with zero attached hydrogens (tertiary/aromatic N) is 3. The van der Waals surface area contributed by atoms with Crippen molar-refractivity contribution >= 4 is 23.1 Å². The minimum Gasteiger partial charge on any atom is -0.511 e. The lowest BCUT2D eigenvalue weighted by molar-refractivity contribution is -0.137. The van der Waals surface area contributed by atoms with Crippen LogP contribution >= 0.6 is 0 Å². The van der Waals surface area contributed by atoms with Crippen molar-refractivity contribution in [1.82, 2.24) is 5.32 Å². The molecule has 0 aromatic rings. The summed E-state index contributed by atoms with van der Waals surface area (Å²) in [7, 11) is 0. The second-order valence-electron chi connectivity index (χ2n) is 13.7. The fraction of sp³-hybridized carbons (Fsp3) is 0.487. The van der Waals surface area contributed by atoms with Gasteiger partial charge in [-0.2, -0.15) is 0 Å². The number of unbranched alkanes of at least 4 members (excludes halogenated alkanes) is 1. The number of aliphatic imine (C=N–C) groups is 3. The van der Waals surface area contributed by atoms with Gasteiger partial charge in [-0.3, -0.25) is 4.79 Å². The number of aliphatic carboxylic acids is 1. The quantitative estimate of drug-likeness (QED) is 0.222. The Morgan fingerprint density at radius 3 is 2.45 bits per heavy atom. The highest BCUT2D eigenvalue weighted by Gasteiger charge is 2.41. The predicted molar refractivity (Wildman–Crippen MR) is 188 cm³/mol. The zero-order valence-electron chi connectivity index (χ0n) is 29.0. The van der Waals surface area contributed by atoms with E-state index in [4.69, 9.17) is 19.7 Å². The molecule has 4 atom stereocenters. The van der Waals surface area contributed by atoms with Gasteiger partial charge >= 0.3 is 5.97 Å². The first-order chi connectivity index (χ1) is 22.4. The molecule has 0 radical (unpaired) electrons. The maximum absolute atomic E-state index is 11.7. The van der Waals surface area contributed by atoms with Crippen molar-refractivity contribution in [2.24, 2.45) is 26.8 Å². The second-order valence-corrected chi connectivity index (χ2v) is 13.7. The van der Waals surface area contributed by atoms with E-state index in [-0.39, 0.29) is 30.5 Å². The molecule has 0 saturated carbocycles. The molecule has 3 unspecified atom stereocenters. The topological polar surface area (TPSA) is 116 Å². The Kier molecular flexibility index (Phi) is 9.00. The van der Waals surface area contributed by atoms with Gasteiger partial charge in [0.25, 0.3) is 0 Å². The van der Waals surface area contributed by atoms with Crippen LogP contribution in [-0.2, 0) is 9.53 Å². The summed E-state index contributed by atoms with van der Waals surface area (Å²) in [4.78, 5) is 27.2. The van der Waals surface area contributed by atoms with Gasteiger partial charge in [0.15, 0.2) is 0 Å².